The van der Waals surface area contributed by atoms with Crippen LogP contribution in [0.4, 0.5) is 11.4 Å². The molecule has 3 aromatic rings. The van der Waals surface area contributed by atoms with Crippen molar-refractivity contribution < 1.29 is 9.53 Å². The third-order valence-corrected chi connectivity index (χ3v) is 8.84. The molecule has 0 saturated carbocycles. The molecule has 0 N–H and O–H groups in total. The standard InChI is InChI=1S/C35H41N7O2/c1-6-32(43)42-19-18-41(22-27(42)14-16-36)34-28-15-17-40(31-13-9-12-26-11-8-10-24(3)33(26)31)23-30(28)38-35(29(34)20-37)44-25(4)21-39(5)7-2/h6,8-13,25,27H,1,7,14-15,17-19,21-23H2,2-5H3. The van der Waals surface area contributed by atoms with Gasteiger partial charge in [0.1, 0.15) is 17.7 Å². The second-order valence-electron chi connectivity index (χ2n) is 11.8. The minimum Gasteiger partial charge on any atom is -0.472 e. The number of nitriles is 2. The number of benzene rings is 2. The number of aromatic nitrogens is 1. The highest BCUT2D eigenvalue weighted by Gasteiger charge is 2.35. The average molecular weight is 592 g/mol. The summed E-state index contributed by atoms with van der Waals surface area (Å²) in [5, 5.41) is 22.6. The first kappa shape index (κ1) is 30.8. The summed E-state index contributed by atoms with van der Waals surface area (Å²) < 4.78 is 6.44. The highest BCUT2D eigenvalue weighted by atomic mass is 16.5. The lowest BCUT2D eigenvalue weighted by Gasteiger charge is -2.43. The number of hydrogen-bond acceptors (Lipinski definition) is 8. The molecule has 9 heteroatoms. The Kier molecular flexibility index (Phi) is 9.37. The Morgan fingerprint density at radius 1 is 1.20 bits per heavy atom. The Morgan fingerprint density at radius 2 is 1.98 bits per heavy atom. The molecule has 2 aromatic carbocycles. The van der Waals surface area contributed by atoms with Crippen LogP contribution in [0, 0.1) is 29.6 Å². The minimum atomic E-state index is -0.310. The maximum absolute atomic E-state index is 12.6. The molecule has 1 aromatic heterocycles. The topological polar surface area (TPSA) is 99.7 Å². The molecule has 0 spiro atoms. The van der Waals surface area contributed by atoms with Crippen molar-refractivity contribution in [3.05, 3.63) is 71.4 Å². The van der Waals surface area contributed by atoms with Crippen LogP contribution >= 0.6 is 0 Å². The van der Waals surface area contributed by atoms with Crippen molar-refractivity contribution in [1.82, 2.24) is 14.8 Å². The van der Waals surface area contributed by atoms with E-state index in [2.05, 4.69) is 83.7 Å². The van der Waals surface area contributed by atoms with Crippen molar-refractivity contribution in [2.24, 2.45) is 0 Å². The molecule has 5 rings (SSSR count). The average Bonchev–Trinajstić information content (AvgIpc) is 3.03. The fourth-order valence-electron chi connectivity index (χ4n) is 6.59. The summed E-state index contributed by atoms with van der Waals surface area (Å²) >= 11 is 0. The zero-order chi connectivity index (χ0) is 31.4. The van der Waals surface area contributed by atoms with E-state index in [1.807, 2.05) is 14.0 Å². The fourth-order valence-corrected chi connectivity index (χ4v) is 6.59. The first-order chi connectivity index (χ1) is 21.3. The van der Waals surface area contributed by atoms with E-state index >= 15 is 0 Å². The molecule has 2 atom stereocenters. The van der Waals surface area contributed by atoms with Crippen molar-refractivity contribution in [3.63, 3.8) is 0 Å². The van der Waals surface area contributed by atoms with E-state index in [4.69, 9.17) is 9.72 Å². The van der Waals surface area contributed by atoms with Gasteiger partial charge in [-0.2, -0.15) is 10.5 Å². The van der Waals surface area contributed by atoms with Gasteiger partial charge in [-0.15, -0.1) is 0 Å². The van der Waals surface area contributed by atoms with Crippen LogP contribution in [-0.4, -0.2) is 79.2 Å². The third kappa shape index (κ3) is 6.06. The number of rotatable bonds is 9. The number of aryl methyl sites for hydroxylation is 1. The molecule has 0 bridgehead atoms. The quantitative estimate of drug-likeness (QED) is 0.327. The lowest BCUT2D eigenvalue weighted by Crippen LogP contribution is -2.55. The second kappa shape index (κ2) is 13.4. The lowest BCUT2D eigenvalue weighted by atomic mass is 9.95. The van der Waals surface area contributed by atoms with Crippen LogP contribution in [0.5, 0.6) is 5.88 Å². The Bertz CT molecular complexity index is 1630. The van der Waals surface area contributed by atoms with Gasteiger partial charge in [0.2, 0.25) is 11.8 Å². The van der Waals surface area contributed by atoms with Gasteiger partial charge in [-0.1, -0.05) is 43.8 Å². The molecule has 0 aliphatic carbocycles. The zero-order valence-corrected chi connectivity index (χ0v) is 26.2. The van der Waals surface area contributed by atoms with Gasteiger partial charge >= 0.3 is 0 Å². The van der Waals surface area contributed by atoms with Crippen LogP contribution in [0.2, 0.25) is 0 Å². The van der Waals surface area contributed by atoms with Crippen LogP contribution in [0.25, 0.3) is 10.8 Å². The molecule has 1 saturated heterocycles. The van der Waals surface area contributed by atoms with E-state index in [0.29, 0.717) is 50.6 Å². The van der Waals surface area contributed by atoms with Crippen molar-refractivity contribution in [1.29, 1.82) is 10.5 Å². The number of carbonyl (C=O) groups excluding carboxylic acids is 1. The van der Waals surface area contributed by atoms with E-state index in [1.54, 1.807) is 4.90 Å². The van der Waals surface area contributed by atoms with E-state index in [9.17, 15) is 15.3 Å². The number of fused-ring (bicyclic) bond motifs is 2. The second-order valence-corrected chi connectivity index (χ2v) is 11.8. The molecule has 1 fully saturated rings. The largest absolute Gasteiger partial charge is 0.472 e. The number of amides is 1. The minimum absolute atomic E-state index is 0.180. The zero-order valence-electron chi connectivity index (χ0n) is 26.2. The summed E-state index contributed by atoms with van der Waals surface area (Å²) in [4.78, 5) is 26.1. The summed E-state index contributed by atoms with van der Waals surface area (Å²) in [6.45, 7) is 14.2. The highest BCUT2D eigenvalue weighted by molar-refractivity contribution is 5.97. The van der Waals surface area contributed by atoms with Crippen molar-refractivity contribution in [2.45, 2.75) is 52.3 Å². The molecule has 2 aliphatic rings. The van der Waals surface area contributed by atoms with E-state index in [0.717, 1.165) is 30.0 Å². The summed E-state index contributed by atoms with van der Waals surface area (Å²) in [5.74, 6) is 0.164. The molecule has 9 nitrogen and oxygen atoms in total. The molecule has 2 unspecified atom stereocenters. The van der Waals surface area contributed by atoms with Gasteiger partial charge < -0.3 is 24.3 Å². The van der Waals surface area contributed by atoms with Crippen molar-refractivity contribution >= 4 is 28.1 Å². The Balaban J connectivity index is 1.58. The summed E-state index contributed by atoms with van der Waals surface area (Å²) in [6.07, 6.45) is 2.03. The molecule has 2 aliphatic heterocycles. The van der Waals surface area contributed by atoms with Crippen molar-refractivity contribution in [3.8, 4) is 18.0 Å². The predicted molar refractivity (Wildman–Crippen MR) is 174 cm³/mol. The maximum atomic E-state index is 12.6. The number of likely N-dealkylation sites (N-methyl/N-ethyl adjacent to an activating group) is 1. The number of ether oxygens (including phenoxy) is 1. The number of piperazine rings is 1. The van der Waals surface area contributed by atoms with Gasteiger partial charge in [0.15, 0.2) is 0 Å². The Hall–Kier alpha value is -4.60. The number of pyridine rings is 1. The number of carbonyl (C=O) groups is 1. The first-order valence-corrected chi connectivity index (χ1v) is 15.4. The highest BCUT2D eigenvalue weighted by Crippen LogP contribution is 2.40. The summed E-state index contributed by atoms with van der Waals surface area (Å²) in [5.41, 5.74) is 5.58. The first-order valence-electron chi connectivity index (χ1n) is 15.4. The van der Waals surface area contributed by atoms with Gasteiger partial charge in [0.25, 0.3) is 0 Å². The van der Waals surface area contributed by atoms with Gasteiger partial charge in [0, 0.05) is 49.4 Å². The molecule has 1 amide bonds. The normalized spacial score (nSPS) is 17.2. The van der Waals surface area contributed by atoms with E-state index < -0.39 is 0 Å². The number of hydrogen-bond donors (Lipinski definition) is 0. The predicted octanol–water partition coefficient (Wildman–Crippen LogP) is 4.81. The molecule has 3 heterocycles. The molecular weight excluding hydrogens is 550 g/mol. The maximum Gasteiger partial charge on any atom is 0.246 e. The van der Waals surface area contributed by atoms with Crippen LogP contribution in [-0.2, 0) is 17.8 Å². The van der Waals surface area contributed by atoms with Crippen LogP contribution < -0.4 is 14.5 Å². The van der Waals surface area contributed by atoms with Gasteiger partial charge in [-0.05, 0) is 57.0 Å². The number of anilines is 2. The SMILES string of the molecule is C=CC(=O)N1CCN(c2c(C#N)c(OC(C)CN(C)CC)nc3c2CCN(c2cccc4cccc(C)c24)C3)CC1CC#N. The van der Waals surface area contributed by atoms with E-state index in [-0.39, 0.29) is 24.5 Å². The Morgan fingerprint density at radius 3 is 2.68 bits per heavy atom. The number of nitrogens with zero attached hydrogens (tertiary/aromatic N) is 7. The smallest absolute Gasteiger partial charge is 0.246 e. The summed E-state index contributed by atoms with van der Waals surface area (Å²) in [7, 11) is 2.04. The molecule has 44 heavy (non-hydrogen) atoms. The van der Waals surface area contributed by atoms with Crippen LogP contribution in [0.1, 0.15) is 42.7 Å². The van der Waals surface area contributed by atoms with Gasteiger partial charge in [-0.3, -0.25) is 4.79 Å². The van der Waals surface area contributed by atoms with Gasteiger partial charge in [0.05, 0.1) is 36.5 Å². The van der Waals surface area contributed by atoms with Crippen LogP contribution in [0.3, 0.4) is 0 Å². The fraction of sp³-hybridized carbons (Fsp3) is 0.429. The monoisotopic (exact) mass is 591 g/mol. The molecular formula is C35H41N7O2. The third-order valence-electron chi connectivity index (χ3n) is 8.84. The summed E-state index contributed by atoms with van der Waals surface area (Å²) in [6, 6.07) is 17.2. The Labute approximate surface area is 260 Å². The van der Waals surface area contributed by atoms with E-state index in [1.165, 1.54) is 28.1 Å². The lowest BCUT2D eigenvalue weighted by molar-refractivity contribution is -0.128. The van der Waals surface area contributed by atoms with Gasteiger partial charge in [-0.25, -0.2) is 4.98 Å². The molecule has 228 valence electrons. The van der Waals surface area contributed by atoms with Crippen molar-refractivity contribution in [2.75, 3.05) is 56.1 Å². The molecule has 0 radical (unpaired) electrons. The van der Waals surface area contributed by atoms with Crippen LogP contribution in [0.15, 0.2) is 49.1 Å².